The van der Waals surface area contributed by atoms with E-state index in [4.69, 9.17) is 0 Å². The molecule has 22 heavy (non-hydrogen) atoms. The van der Waals surface area contributed by atoms with Crippen LogP contribution in [0.5, 0.6) is 0 Å². The minimum Gasteiger partial charge on any atom is -0.294 e. The first-order valence-corrected chi connectivity index (χ1v) is 8.59. The Morgan fingerprint density at radius 3 is 2.95 bits per heavy atom. The van der Waals surface area contributed by atoms with E-state index < -0.39 is 0 Å². The van der Waals surface area contributed by atoms with Crippen molar-refractivity contribution in [2.24, 2.45) is 0 Å². The lowest BCUT2D eigenvalue weighted by molar-refractivity contribution is 0.102. The van der Waals surface area contributed by atoms with Crippen molar-refractivity contribution in [3.63, 3.8) is 0 Å². The van der Waals surface area contributed by atoms with E-state index in [9.17, 15) is 9.18 Å². The fourth-order valence-corrected chi connectivity index (χ4v) is 3.96. The molecule has 1 fully saturated rings. The highest BCUT2D eigenvalue weighted by Gasteiger charge is 2.24. The molecule has 0 radical (unpaired) electrons. The number of carbonyl (C=O) groups is 1. The Bertz CT molecular complexity index is 667. The van der Waals surface area contributed by atoms with E-state index in [0.717, 1.165) is 30.0 Å². The minimum absolute atomic E-state index is 0.122. The molecule has 0 spiro atoms. The Hall–Kier alpha value is -1.52. The van der Waals surface area contributed by atoms with Gasteiger partial charge < -0.3 is 0 Å². The van der Waals surface area contributed by atoms with Crippen LogP contribution >= 0.6 is 11.3 Å². The fraction of sp³-hybridized carbons (Fsp3) is 0.389. The van der Waals surface area contributed by atoms with Gasteiger partial charge in [-0.15, -0.1) is 11.3 Å². The van der Waals surface area contributed by atoms with Gasteiger partial charge in [0.1, 0.15) is 5.82 Å². The van der Waals surface area contributed by atoms with Gasteiger partial charge in [0.15, 0.2) is 5.78 Å². The maximum Gasteiger partial charge on any atom is 0.169 e. The third-order valence-electron chi connectivity index (χ3n) is 4.23. The van der Waals surface area contributed by atoms with Crippen molar-refractivity contribution in [2.75, 3.05) is 6.54 Å². The summed E-state index contributed by atoms with van der Waals surface area (Å²) >= 11 is 1.51. The number of Topliss-reactive ketones (excluding diaryl/α,β-unsaturated/α-hetero) is 1. The lowest BCUT2D eigenvalue weighted by atomic mass is 9.95. The first-order valence-electron chi connectivity index (χ1n) is 7.71. The lowest BCUT2D eigenvalue weighted by Gasteiger charge is -2.36. The molecule has 1 aromatic heterocycles. The molecule has 1 aliphatic rings. The van der Waals surface area contributed by atoms with E-state index in [1.807, 2.05) is 12.1 Å². The van der Waals surface area contributed by atoms with Crippen molar-refractivity contribution in [3.05, 3.63) is 57.5 Å². The molecule has 1 aliphatic heterocycles. The molecule has 0 unspecified atom stereocenters. The Morgan fingerprint density at radius 2 is 2.23 bits per heavy atom. The molecule has 0 bridgehead atoms. The second kappa shape index (κ2) is 6.71. The summed E-state index contributed by atoms with van der Waals surface area (Å²) < 4.78 is 13.5. The molecule has 2 nitrogen and oxygen atoms in total. The fourth-order valence-electron chi connectivity index (χ4n) is 3.15. The van der Waals surface area contributed by atoms with Gasteiger partial charge in [-0.2, -0.15) is 0 Å². The van der Waals surface area contributed by atoms with Crippen LogP contribution in [0.4, 0.5) is 4.39 Å². The van der Waals surface area contributed by atoms with Crippen molar-refractivity contribution in [1.82, 2.24) is 4.90 Å². The zero-order valence-electron chi connectivity index (χ0n) is 12.7. The van der Waals surface area contributed by atoms with E-state index >= 15 is 0 Å². The summed E-state index contributed by atoms with van der Waals surface area (Å²) in [5, 5.41) is 2.06. The van der Waals surface area contributed by atoms with Crippen molar-refractivity contribution in [3.8, 4) is 0 Å². The second-order valence-electron chi connectivity index (χ2n) is 5.91. The monoisotopic (exact) mass is 317 g/mol. The number of hydrogen-bond donors (Lipinski definition) is 0. The molecule has 116 valence electrons. The van der Waals surface area contributed by atoms with E-state index in [2.05, 4.69) is 10.3 Å². The number of halogens is 1. The topological polar surface area (TPSA) is 20.3 Å². The van der Waals surface area contributed by atoms with Gasteiger partial charge in [-0.1, -0.05) is 18.6 Å². The molecule has 1 saturated heterocycles. The number of thiophene rings is 1. The highest BCUT2D eigenvalue weighted by molar-refractivity contribution is 7.12. The first-order chi connectivity index (χ1) is 10.6. The zero-order chi connectivity index (χ0) is 15.5. The third kappa shape index (κ3) is 3.45. The Morgan fingerprint density at radius 1 is 1.36 bits per heavy atom. The lowest BCUT2D eigenvalue weighted by Crippen LogP contribution is -2.32. The van der Waals surface area contributed by atoms with Crippen molar-refractivity contribution >= 4 is 17.1 Å². The summed E-state index contributed by atoms with van der Waals surface area (Å²) in [6.45, 7) is 3.45. The Balaban J connectivity index is 1.78. The number of rotatable bonds is 4. The van der Waals surface area contributed by atoms with Crippen molar-refractivity contribution in [2.45, 2.75) is 38.8 Å². The molecule has 0 aliphatic carbocycles. The number of hydrogen-bond acceptors (Lipinski definition) is 3. The highest BCUT2D eigenvalue weighted by Crippen LogP contribution is 2.33. The smallest absolute Gasteiger partial charge is 0.169 e. The third-order valence-corrected chi connectivity index (χ3v) is 5.31. The predicted octanol–water partition coefficient (Wildman–Crippen LogP) is 4.82. The van der Waals surface area contributed by atoms with Gasteiger partial charge >= 0.3 is 0 Å². The van der Waals surface area contributed by atoms with Gasteiger partial charge in [-0.3, -0.25) is 9.69 Å². The average Bonchev–Trinajstić information content (AvgIpc) is 2.97. The van der Waals surface area contributed by atoms with Crippen LogP contribution in [-0.4, -0.2) is 17.2 Å². The SMILES string of the molecule is CC(=O)c1cc(CN2CCCC[C@H]2c2cccc(F)c2)cs1. The second-order valence-corrected chi connectivity index (χ2v) is 6.82. The summed E-state index contributed by atoms with van der Waals surface area (Å²) in [6.07, 6.45) is 3.42. The molecular formula is C18H20FNOS. The first kappa shape index (κ1) is 15.4. The van der Waals surface area contributed by atoms with Gasteiger partial charge in [0.05, 0.1) is 4.88 Å². The van der Waals surface area contributed by atoms with Gasteiger partial charge in [0.25, 0.3) is 0 Å². The van der Waals surface area contributed by atoms with Crippen LogP contribution in [0.2, 0.25) is 0 Å². The maximum absolute atomic E-state index is 13.5. The van der Waals surface area contributed by atoms with E-state index in [0.29, 0.717) is 0 Å². The summed E-state index contributed by atoms with van der Waals surface area (Å²) in [5.74, 6) is -0.0472. The average molecular weight is 317 g/mol. The molecule has 1 atom stereocenters. The predicted molar refractivity (Wildman–Crippen MR) is 87.7 cm³/mol. The van der Waals surface area contributed by atoms with Crippen molar-refractivity contribution in [1.29, 1.82) is 0 Å². The van der Waals surface area contributed by atoms with E-state index in [1.54, 1.807) is 19.1 Å². The molecule has 0 N–H and O–H groups in total. The summed E-state index contributed by atoms with van der Waals surface area (Å²) in [6, 6.07) is 9.21. The van der Waals surface area contributed by atoms with Crippen LogP contribution in [0, 0.1) is 5.82 Å². The van der Waals surface area contributed by atoms with Crippen LogP contribution < -0.4 is 0 Å². The summed E-state index contributed by atoms with van der Waals surface area (Å²) in [7, 11) is 0. The van der Waals surface area contributed by atoms with Crippen LogP contribution in [0.3, 0.4) is 0 Å². The van der Waals surface area contributed by atoms with Gasteiger partial charge in [-0.05, 0) is 61.0 Å². The molecule has 3 rings (SSSR count). The molecule has 2 heterocycles. The van der Waals surface area contributed by atoms with Crippen LogP contribution in [0.15, 0.2) is 35.7 Å². The van der Waals surface area contributed by atoms with Crippen LogP contribution in [0.25, 0.3) is 0 Å². The molecule has 2 aromatic rings. The Labute approximate surface area is 134 Å². The van der Waals surface area contributed by atoms with E-state index in [-0.39, 0.29) is 17.6 Å². The maximum atomic E-state index is 13.5. The van der Waals surface area contributed by atoms with Gasteiger partial charge in [0.2, 0.25) is 0 Å². The highest BCUT2D eigenvalue weighted by atomic mass is 32.1. The van der Waals surface area contributed by atoms with Gasteiger partial charge in [-0.25, -0.2) is 4.39 Å². The molecule has 4 heteroatoms. The normalized spacial score (nSPS) is 19.3. The number of ketones is 1. The zero-order valence-corrected chi connectivity index (χ0v) is 13.5. The number of piperidine rings is 1. The number of benzene rings is 1. The number of carbonyl (C=O) groups excluding carboxylic acids is 1. The molecule has 1 aromatic carbocycles. The van der Waals surface area contributed by atoms with Gasteiger partial charge in [0, 0.05) is 12.6 Å². The van der Waals surface area contributed by atoms with Crippen LogP contribution in [0.1, 0.15) is 53.0 Å². The Kier molecular flexibility index (Phi) is 4.69. The molecular weight excluding hydrogens is 297 g/mol. The van der Waals surface area contributed by atoms with E-state index in [1.165, 1.54) is 35.8 Å². The molecule has 0 saturated carbocycles. The van der Waals surface area contributed by atoms with Crippen molar-refractivity contribution < 1.29 is 9.18 Å². The standard InChI is InChI=1S/C18H20FNOS/c1-13(21)18-9-14(12-22-18)11-20-8-3-2-7-17(20)15-5-4-6-16(19)10-15/h4-6,9-10,12,17H,2-3,7-8,11H2,1H3/t17-/m0/s1. The number of nitrogens with zero attached hydrogens (tertiary/aromatic N) is 1. The molecule has 0 amide bonds. The summed E-state index contributed by atoms with van der Waals surface area (Å²) in [4.78, 5) is 14.7. The van der Waals surface area contributed by atoms with Crippen LogP contribution in [-0.2, 0) is 6.54 Å². The summed E-state index contributed by atoms with van der Waals surface area (Å²) in [5.41, 5.74) is 2.24. The minimum atomic E-state index is -0.169. The largest absolute Gasteiger partial charge is 0.294 e. The quantitative estimate of drug-likeness (QED) is 0.754. The number of likely N-dealkylation sites (tertiary alicyclic amines) is 1.